The highest BCUT2D eigenvalue weighted by molar-refractivity contribution is 5.82. The minimum Gasteiger partial charge on any atom is -0.330 e. The van der Waals surface area contributed by atoms with E-state index in [1.54, 1.807) is 0 Å². The Morgan fingerprint density at radius 3 is 2.69 bits per heavy atom. The van der Waals surface area contributed by atoms with Gasteiger partial charge in [0.1, 0.15) is 0 Å². The van der Waals surface area contributed by atoms with Crippen LogP contribution in [-0.4, -0.2) is 12.3 Å². The Morgan fingerprint density at radius 1 is 1.54 bits per heavy atom. The Labute approximate surface area is 81.2 Å². The molecule has 0 aliphatic carbocycles. The highest BCUT2D eigenvalue weighted by atomic mass is 14.7. The first kappa shape index (κ1) is 12.1. The number of hydrogen-bond acceptors (Lipinski definition) is 2. The molecule has 0 aromatic carbocycles. The van der Waals surface area contributed by atoms with Gasteiger partial charge in [-0.15, -0.1) is 0 Å². The zero-order valence-electron chi connectivity index (χ0n) is 8.71. The molecule has 74 valence electrons. The van der Waals surface area contributed by atoms with Crippen LogP contribution in [0.2, 0.25) is 0 Å². The lowest BCUT2D eigenvalue weighted by Gasteiger charge is -1.98. The van der Waals surface area contributed by atoms with Crippen molar-refractivity contribution in [3.05, 3.63) is 24.4 Å². The third-order valence-electron chi connectivity index (χ3n) is 1.89. The number of hydrogen-bond donors (Lipinski definition) is 1. The molecule has 0 atom stereocenters. The molecule has 0 saturated carbocycles. The van der Waals surface area contributed by atoms with Gasteiger partial charge in [0.2, 0.25) is 0 Å². The summed E-state index contributed by atoms with van der Waals surface area (Å²) in [7, 11) is 0. The fraction of sp³-hybridized carbons (Fsp3) is 0.545. The van der Waals surface area contributed by atoms with Crippen LogP contribution >= 0.6 is 0 Å². The summed E-state index contributed by atoms with van der Waals surface area (Å²) in [5, 5.41) is 0. The molecule has 0 aromatic rings. The van der Waals surface area contributed by atoms with Crippen LogP contribution in [0, 0.1) is 0 Å². The molecule has 0 saturated heterocycles. The van der Waals surface area contributed by atoms with Crippen molar-refractivity contribution in [2.24, 2.45) is 10.7 Å². The normalized spacial score (nSPS) is 13.2. The van der Waals surface area contributed by atoms with Crippen molar-refractivity contribution in [2.45, 2.75) is 33.1 Å². The molecule has 2 N–H and O–H groups in total. The second-order valence-electron chi connectivity index (χ2n) is 3.02. The highest BCUT2D eigenvalue weighted by Crippen LogP contribution is 2.05. The molecule has 0 amide bonds. The first-order valence-electron chi connectivity index (χ1n) is 4.79. The van der Waals surface area contributed by atoms with Crippen LogP contribution in [-0.2, 0) is 0 Å². The molecule has 0 rings (SSSR count). The summed E-state index contributed by atoms with van der Waals surface area (Å²) >= 11 is 0. The van der Waals surface area contributed by atoms with Gasteiger partial charge in [0.25, 0.3) is 0 Å². The van der Waals surface area contributed by atoms with E-state index in [1.807, 2.05) is 19.2 Å². The van der Waals surface area contributed by atoms with Gasteiger partial charge >= 0.3 is 0 Å². The van der Waals surface area contributed by atoms with E-state index in [0.29, 0.717) is 0 Å². The van der Waals surface area contributed by atoms with Gasteiger partial charge in [-0.25, -0.2) is 0 Å². The van der Waals surface area contributed by atoms with Crippen LogP contribution in [0.1, 0.15) is 33.1 Å². The number of aliphatic imine (C=N–C) groups is 1. The zero-order chi connectivity index (χ0) is 10.1. The molecular formula is C11H20N2. The number of allylic oxidation sites excluding steroid dienone is 2. The lowest BCUT2D eigenvalue weighted by Crippen LogP contribution is -1.98. The molecule has 0 aliphatic rings. The highest BCUT2D eigenvalue weighted by Gasteiger charge is 1.90. The van der Waals surface area contributed by atoms with Crippen LogP contribution in [0.3, 0.4) is 0 Å². The summed E-state index contributed by atoms with van der Waals surface area (Å²) in [6.07, 6.45) is 6.71. The topological polar surface area (TPSA) is 38.4 Å². The second-order valence-corrected chi connectivity index (χ2v) is 3.02. The lowest BCUT2D eigenvalue weighted by molar-refractivity contribution is 0.834. The Bertz CT molecular complexity index is 202. The molecule has 0 aliphatic heterocycles. The Morgan fingerprint density at radius 2 is 2.23 bits per heavy atom. The smallest absolute Gasteiger partial charge is 0.0298 e. The van der Waals surface area contributed by atoms with Crippen molar-refractivity contribution in [1.29, 1.82) is 0 Å². The van der Waals surface area contributed by atoms with Crippen LogP contribution in [0.25, 0.3) is 0 Å². The second kappa shape index (κ2) is 7.74. The quantitative estimate of drug-likeness (QED) is 0.495. The van der Waals surface area contributed by atoms with Crippen LogP contribution in [0.4, 0.5) is 0 Å². The summed E-state index contributed by atoms with van der Waals surface area (Å²) in [5.41, 5.74) is 7.73. The van der Waals surface area contributed by atoms with Crippen LogP contribution < -0.4 is 5.73 Å². The van der Waals surface area contributed by atoms with Crippen molar-refractivity contribution >= 4 is 5.71 Å². The number of nitrogens with two attached hydrogens (primary N) is 1. The van der Waals surface area contributed by atoms with Gasteiger partial charge in [-0.2, -0.15) is 0 Å². The van der Waals surface area contributed by atoms with Gasteiger partial charge in [0.05, 0.1) is 0 Å². The van der Waals surface area contributed by atoms with Gasteiger partial charge in [0, 0.05) is 11.9 Å². The first-order valence-corrected chi connectivity index (χ1v) is 4.79. The summed E-state index contributed by atoms with van der Waals surface area (Å²) < 4.78 is 0. The molecule has 0 heterocycles. The summed E-state index contributed by atoms with van der Waals surface area (Å²) in [6.45, 7) is 8.59. The van der Waals surface area contributed by atoms with Gasteiger partial charge in [-0.05, 0) is 38.3 Å². The van der Waals surface area contributed by atoms with E-state index in [-0.39, 0.29) is 0 Å². The SMILES string of the molecule is C=C/C(=C\N=C(C)CC)CCCN. The van der Waals surface area contributed by atoms with Crippen molar-refractivity contribution in [2.75, 3.05) is 6.54 Å². The fourth-order valence-electron chi connectivity index (χ4n) is 0.810. The van der Waals surface area contributed by atoms with Crippen molar-refractivity contribution < 1.29 is 0 Å². The van der Waals surface area contributed by atoms with E-state index in [2.05, 4.69) is 18.5 Å². The van der Waals surface area contributed by atoms with Crippen LogP contribution in [0.15, 0.2) is 29.4 Å². The molecule has 0 bridgehead atoms. The maximum Gasteiger partial charge on any atom is 0.0298 e. The first-order chi connectivity index (χ1) is 6.24. The van der Waals surface area contributed by atoms with Crippen molar-refractivity contribution in [3.8, 4) is 0 Å². The third-order valence-corrected chi connectivity index (χ3v) is 1.89. The molecule has 2 nitrogen and oxygen atoms in total. The summed E-state index contributed by atoms with van der Waals surface area (Å²) in [6, 6.07) is 0. The number of nitrogens with zero attached hydrogens (tertiary/aromatic N) is 1. The average Bonchev–Trinajstić information content (AvgIpc) is 2.17. The molecule has 0 radical (unpaired) electrons. The molecule has 0 aromatic heterocycles. The third kappa shape index (κ3) is 6.29. The Balaban J connectivity index is 4.13. The molecule has 2 heteroatoms. The van der Waals surface area contributed by atoms with E-state index in [4.69, 9.17) is 5.73 Å². The fourth-order valence-corrected chi connectivity index (χ4v) is 0.810. The van der Waals surface area contributed by atoms with E-state index >= 15 is 0 Å². The molecule has 0 spiro atoms. The van der Waals surface area contributed by atoms with Crippen LogP contribution in [0.5, 0.6) is 0 Å². The molecular weight excluding hydrogens is 160 g/mol. The van der Waals surface area contributed by atoms with E-state index < -0.39 is 0 Å². The number of rotatable bonds is 6. The maximum atomic E-state index is 5.42. The van der Waals surface area contributed by atoms with Crippen molar-refractivity contribution in [3.63, 3.8) is 0 Å². The lowest BCUT2D eigenvalue weighted by atomic mass is 10.1. The van der Waals surface area contributed by atoms with E-state index in [1.165, 1.54) is 5.57 Å². The molecule has 0 fully saturated rings. The Kier molecular flexibility index (Phi) is 7.21. The summed E-state index contributed by atoms with van der Waals surface area (Å²) in [5.74, 6) is 0. The minimum absolute atomic E-state index is 0.724. The predicted molar refractivity (Wildman–Crippen MR) is 60.0 cm³/mol. The molecule has 13 heavy (non-hydrogen) atoms. The average molecular weight is 180 g/mol. The monoisotopic (exact) mass is 180 g/mol. The molecule has 0 unspecified atom stereocenters. The largest absolute Gasteiger partial charge is 0.330 e. The zero-order valence-corrected chi connectivity index (χ0v) is 8.71. The van der Waals surface area contributed by atoms with Gasteiger partial charge in [0.15, 0.2) is 0 Å². The Hall–Kier alpha value is -0.890. The van der Waals surface area contributed by atoms with Gasteiger partial charge < -0.3 is 5.73 Å². The minimum atomic E-state index is 0.724. The van der Waals surface area contributed by atoms with Gasteiger partial charge in [-0.1, -0.05) is 19.6 Å². The van der Waals surface area contributed by atoms with E-state index in [0.717, 1.165) is 31.5 Å². The maximum absolute atomic E-state index is 5.42. The standard InChI is InChI=1S/C11H20N2/c1-4-10(3)13-9-11(5-2)7-6-8-12/h5,9H,2,4,6-8,12H2,1,3H3/b11-9+,13-10?. The van der Waals surface area contributed by atoms with E-state index in [9.17, 15) is 0 Å². The summed E-state index contributed by atoms with van der Waals surface area (Å²) in [4.78, 5) is 4.31. The predicted octanol–water partition coefficient (Wildman–Crippen LogP) is 2.67. The van der Waals surface area contributed by atoms with Gasteiger partial charge in [-0.3, -0.25) is 4.99 Å². The van der Waals surface area contributed by atoms with Crippen molar-refractivity contribution in [1.82, 2.24) is 0 Å².